The second-order valence-corrected chi connectivity index (χ2v) is 5.04. The Morgan fingerprint density at radius 1 is 1.50 bits per heavy atom. The van der Waals surface area contributed by atoms with Crippen LogP contribution in [0.1, 0.15) is 30.5 Å². The summed E-state index contributed by atoms with van der Waals surface area (Å²) in [6.45, 7) is 1.10. The molecule has 2 rings (SSSR count). The molecule has 1 aliphatic heterocycles. The third kappa shape index (κ3) is 2.75. The molecule has 1 aromatic rings. The highest BCUT2D eigenvalue weighted by atomic mass is 19.3. The number of rotatable bonds is 4. The van der Waals surface area contributed by atoms with Crippen LogP contribution in [0.15, 0.2) is 18.2 Å². The Balaban J connectivity index is 2.42. The number of hydrogen-bond acceptors (Lipinski definition) is 3. The number of benzene rings is 1. The van der Waals surface area contributed by atoms with Crippen molar-refractivity contribution in [2.45, 2.75) is 25.3 Å². The van der Waals surface area contributed by atoms with Crippen molar-refractivity contribution in [2.24, 2.45) is 5.92 Å². The Bertz CT molecular complexity index is 514. The largest absolute Gasteiger partial charge is 0.496 e. The van der Waals surface area contributed by atoms with Gasteiger partial charge in [-0.05, 0) is 12.5 Å². The molecule has 1 heterocycles. The Hall–Kier alpha value is -1.69. The van der Waals surface area contributed by atoms with Crippen LogP contribution in [0.25, 0.3) is 0 Å². The van der Waals surface area contributed by atoms with Crippen molar-refractivity contribution in [2.75, 3.05) is 13.7 Å². The molecule has 0 bridgehead atoms. The number of carboxylic acids is 1. The van der Waals surface area contributed by atoms with Gasteiger partial charge in [0.15, 0.2) is 0 Å². The van der Waals surface area contributed by atoms with E-state index in [0.717, 1.165) is 6.92 Å². The molecule has 0 spiro atoms. The van der Waals surface area contributed by atoms with Crippen molar-refractivity contribution in [3.63, 3.8) is 0 Å². The topological polar surface area (TPSA) is 58.6 Å². The smallest absolute Gasteiger partial charge is 0.307 e. The molecule has 0 saturated carbocycles. The highest BCUT2D eigenvalue weighted by Crippen LogP contribution is 2.41. The first-order chi connectivity index (χ1) is 9.34. The van der Waals surface area contributed by atoms with Crippen LogP contribution in [-0.4, -0.2) is 24.7 Å². The Kier molecular flexibility index (Phi) is 3.94. The molecule has 20 heavy (non-hydrogen) atoms. The number of carboxylic acid groups (broad SMARTS) is 1. The average Bonchev–Trinajstić information content (AvgIpc) is 2.86. The minimum absolute atomic E-state index is 0.125. The zero-order valence-electron chi connectivity index (χ0n) is 11.3. The standard InChI is InChI=1S/C14H17F2NO3/c1-14(15,16)9-4-3-5-11(20-2)12(9)10-6-8(7-17-10)13(18)19/h3-5,8,10,17H,6-7H2,1-2H3,(H,18,19). The quantitative estimate of drug-likeness (QED) is 0.892. The summed E-state index contributed by atoms with van der Waals surface area (Å²) in [5.74, 6) is -4.14. The number of methoxy groups -OCH3 is 1. The van der Waals surface area contributed by atoms with Gasteiger partial charge in [0.25, 0.3) is 5.92 Å². The maximum absolute atomic E-state index is 13.7. The summed E-state index contributed by atoms with van der Waals surface area (Å²) in [7, 11) is 1.42. The summed E-state index contributed by atoms with van der Waals surface area (Å²) < 4.78 is 32.7. The molecular formula is C14H17F2NO3. The van der Waals surface area contributed by atoms with E-state index in [0.29, 0.717) is 11.3 Å². The van der Waals surface area contributed by atoms with Crippen molar-refractivity contribution in [3.8, 4) is 5.75 Å². The molecule has 0 amide bonds. The van der Waals surface area contributed by atoms with Crippen molar-refractivity contribution in [1.29, 1.82) is 0 Å². The number of aliphatic carboxylic acids is 1. The summed E-state index contributed by atoms with van der Waals surface area (Å²) in [6.07, 6.45) is 0.277. The lowest BCUT2D eigenvalue weighted by atomic mass is 9.92. The molecule has 4 nitrogen and oxygen atoms in total. The van der Waals surface area contributed by atoms with E-state index in [1.54, 1.807) is 6.07 Å². The fraction of sp³-hybridized carbons (Fsp3) is 0.500. The predicted octanol–water partition coefficient (Wildman–Crippen LogP) is 2.54. The molecule has 1 fully saturated rings. The summed E-state index contributed by atoms with van der Waals surface area (Å²) in [5, 5.41) is 12.0. The van der Waals surface area contributed by atoms with Crippen LogP contribution >= 0.6 is 0 Å². The third-order valence-corrected chi connectivity index (χ3v) is 3.59. The molecule has 2 atom stereocenters. The minimum Gasteiger partial charge on any atom is -0.496 e. The summed E-state index contributed by atoms with van der Waals surface area (Å²) >= 11 is 0. The first kappa shape index (κ1) is 14.7. The number of carbonyl (C=O) groups is 1. The number of hydrogen-bond donors (Lipinski definition) is 2. The van der Waals surface area contributed by atoms with Gasteiger partial charge in [0, 0.05) is 30.6 Å². The van der Waals surface area contributed by atoms with Gasteiger partial charge in [0.05, 0.1) is 13.0 Å². The van der Waals surface area contributed by atoms with E-state index < -0.39 is 23.9 Å². The first-order valence-electron chi connectivity index (χ1n) is 6.36. The molecule has 1 aromatic carbocycles. The Labute approximate surface area is 115 Å². The molecule has 1 saturated heterocycles. The van der Waals surface area contributed by atoms with Gasteiger partial charge in [0.2, 0.25) is 0 Å². The van der Waals surface area contributed by atoms with Crippen LogP contribution in [0.4, 0.5) is 8.78 Å². The monoisotopic (exact) mass is 285 g/mol. The molecule has 0 radical (unpaired) electrons. The second kappa shape index (κ2) is 5.36. The highest BCUT2D eigenvalue weighted by Gasteiger charge is 2.37. The van der Waals surface area contributed by atoms with Gasteiger partial charge in [-0.2, -0.15) is 0 Å². The Morgan fingerprint density at radius 2 is 2.20 bits per heavy atom. The molecule has 0 aromatic heterocycles. The van der Waals surface area contributed by atoms with E-state index in [1.165, 1.54) is 19.2 Å². The van der Waals surface area contributed by atoms with E-state index in [-0.39, 0.29) is 18.5 Å². The maximum Gasteiger partial charge on any atom is 0.307 e. The van der Waals surface area contributed by atoms with Gasteiger partial charge in [-0.1, -0.05) is 12.1 Å². The van der Waals surface area contributed by atoms with Crippen LogP contribution in [-0.2, 0) is 10.7 Å². The van der Waals surface area contributed by atoms with Crippen molar-refractivity contribution < 1.29 is 23.4 Å². The zero-order chi connectivity index (χ0) is 14.9. The zero-order valence-corrected chi connectivity index (χ0v) is 11.3. The molecule has 6 heteroatoms. The van der Waals surface area contributed by atoms with E-state index in [2.05, 4.69) is 5.32 Å². The normalized spacial score (nSPS) is 22.8. The van der Waals surface area contributed by atoms with Crippen LogP contribution in [0.5, 0.6) is 5.75 Å². The number of nitrogens with one attached hydrogen (secondary N) is 1. The third-order valence-electron chi connectivity index (χ3n) is 3.59. The number of halogens is 2. The second-order valence-electron chi connectivity index (χ2n) is 5.04. The lowest BCUT2D eigenvalue weighted by molar-refractivity contribution is -0.141. The van der Waals surface area contributed by atoms with Crippen LogP contribution < -0.4 is 10.1 Å². The lowest BCUT2D eigenvalue weighted by Gasteiger charge is -2.22. The number of alkyl halides is 2. The van der Waals surface area contributed by atoms with Gasteiger partial charge >= 0.3 is 5.97 Å². The maximum atomic E-state index is 13.7. The van der Waals surface area contributed by atoms with Gasteiger partial charge in [-0.15, -0.1) is 0 Å². The fourth-order valence-corrected chi connectivity index (χ4v) is 2.61. The van der Waals surface area contributed by atoms with E-state index >= 15 is 0 Å². The minimum atomic E-state index is -3.01. The Morgan fingerprint density at radius 3 is 2.70 bits per heavy atom. The predicted molar refractivity (Wildman–Crippen MR) is 69.0 cm³/mol. The number of ether oxygens (including phenoxy) is 1. The fourth-order valence-electron chi connectivity index (χ4n) is 2.61. The summed E-state index contributed by atoms with van der Waals surface area (Å²) in [4.78, 5) is 11.0. The molecule has 0 aliphatic carbocycles. The molecule has 1 aliphatic rings. The SMILES string of the molecule is COc1cccc(C(C)(F)F)c1C1CC(C(=O)O)CN1. The average molecular weight is 285 g/mol. The van der Waals surface area contributed by atoms with Gasteiger partial charge in [-0.25, -0.2) is 8.78 Å². The highest BCUT2D eigenvalue weighted by molar-refractivity contribution is 5.71. The van der Waals surface area contributed by atoms with Gasteiger partial charge in [-0.3, -0.25) is 4.79 Å². The molecule has 2 N–H and O–H groups in total. The van der Waals surface area contributed by atoms with Crippen molar-refractivity contribution in [3.05, 3.63) is 29.3 Å². The van der Waals surface area contributed by atoms with Gasteiger partial charge < -0.3 is 15.2 Å². The molecular weight excluding hydrogens is 268 g/mol. The molecule has 2 unspecified atom stereocenters. The van der Waals surface area contributed by atoms with Crippen LogP contribution in [0.3, 0.4) is 0 Å². The summed E-state index contributed by atoms with van der Waals surface area (Å²) in [6, 6.07) is 4.04. The van der Waals surface area contributed by atoms with Crippen LogP contribution in [0, 0.1) is 5.92 Å². The van der Waals surface area contributed by atoms with E-state index in [9.17, 15) is 13.6 Å². The van der Waals surface area contributed by atoms with Crippen molar-refractivity contribution >= 4 is 5.97 Å². The van der Waals surface area contributed by atoms with Gasteiger partial charge in [0.1, 0.15) is 5.75 Å². The van der Waals surface area contributed by atoms with Crippen LogP contribution in [0.2, 0.25) is 0 Å². The van der Waals surface area contributed by atoms with E-state index in [4.69, 9.17) is 9.84 Å². The van der Waals surface area contributed by atoms with E-state index in [1.807, 2.05) is 0 Å². The lowest BCUT2D eigenvalue weighted by Crippen LogP contribution is -2.20. The van der Waals surface area contributed by atoms with Crippen molar-refractivity contribution in [1.82, 2.24) is 5.32 Å². The summed E-state index contributed by atoms with van der Waals surface area (Å²) in [5.41, 5.74) is 0.228. The molecule has 110 valence electrons. The first-order valence-corrected chi connectivity index (χ1v) is 6.36.